The quantitative estimate of drug-likeness (QED) is 0.829. The van der Waals surface area contributed by atoms with Gasteiger partial charge in [-0.3, -0.25) is 4.79 Å². The molecule has 1 N–H and O–H groups in total. The summed E-state index contributed by atoms with van der Waals surface area (Å²) < 4.78 is 5.58. The lowest BCUT2D eigenvalue weighted by atomic mass is 9.78. The molecule has 0 saturated heterocycles. The highest BCUT2D eigenvalue weighted by Gasteiger charge is 2.28. The number of aromatic nitrogens is 2. The fraction of sp³-hybridized carbons (Fsp3) is 0.562. The van der Waals surface area contributed by atoms with E-state index in [0.717, 1.165) is 11.3 Å². The Morgan fingerprint density at radius 3 is 3.09 bits per heavy atom. The summed E-state index contributed by atoms with van der Waals surface area (Å²) in [7, 11) is 0. The second-order valence-electron chi connectivity index (χ2n) is 6.08. The van der Waals surface area contributed by atoms with Gasteiger partial charge in [0, 0.05) is 6.04 Å². The van der Waals surface area contributed by atoms with Crippen molar-refractivity contribution < 1.29 is 9.21 Å². The van der Waals surface area contributed by atoms with E-state index in [1.807, 2.05) is 17.5 Å². The Balaban J connectivity index is 1.49. The minimum Gasteiger partial charge on any atom is -0.410 e. The highest BCUT2D eigenvalue weighted by molar-refractivity contribution is 7.99. The van der Waals surface area contributed by atoms with Crippen molar-refractivity contribution in [2.75, 3.05) is 5.75 Å². The van der Waals surface area contributed by atoms with Crippen molar-refractivity contribution in [3.8, 4) is 10.8 Å². The van der Waals surface area contributed by atoms with Crippen LogP contribution in [0.15, 0.2) is 27.2 Å². The van der Waals surface area contributed by atoms with Gasteiger partial charge >= 0.3 is 0 Å². The molecule has 0 bridgehead atoms. The average Bonchev–Trinajstić information content (AvgIpc) is 3.20. The number of carbonyl (C=O) groups excluding carboxylic acids is 1. The van der Waals surface area contributed by atoms with E-state index in [-0.39, 0.29) is 11.9 Å². The third kappa shape index (κ3) is 4.14. The van der Waals surface area contributed by atoms with E-state index in [4.69, 9.17) is 4.42 Å². The highest BCUT2D eigenvalue weighted by Crippen LogP contribution is 2.30. The van der Waals surface area contributed by atoms with E-state index in [0.29, 0.717) is 28.7 Å². The van der Waals surface area contributed by atoms with E-state index in [2.05, 4.69) is 29.4 Å². The van der Waals surface area contributed by atoms with Crippen molar-refractivity contribution in [3.63, 3.8) is 0 Å². The summed E-state index contributed by atoms with van der Waals surface area (Å²) in [5.74, 6) is 2.07. The van der Waals surface area contributed by atoms with Crippen LogP contribution >= 0.6 is 23.1 Å². The van der Waals surface area contributed by atoms with Crippen LogP contribution in [0.4, 0.5) is 0 Å². The molecule has 23 heavy (non-hydrogen) atoms. The summed E-state index contributed by atoms with van der Waals surface area (Å²) in [6.45, 7) is 4.50. The number of hydrogen-bond donors (Lipinski definition) is 1. The van der Waals surface area contributed by atoms with E-state index >= 15 is 0 Å². The minimum atomic E-state index is 0.0387. The molecule has 2 aromatic heterocycles. The second-order valence-corrected chi connectivity index (χ2v) is 7.95. The zero-order valence-electron chi connectivity index (χ0n) is 13.3. The number of hydrogen-bond acceptors (Lipinski definition) is 6. The predicted molar refractivity (Wildman–Crippen MR) is 92.4 cm³/mol. The molecule has 1 fully saturated rings. The van der Waals surface area contributed by atoms with Crippen LogP contribution in [0.3, 0.4) is 0 Å². The Bertz CT molecular complexity index is 642. The van der Waals surface area contributed by atoms with E-state index in [9.17, 15) is 4.79 Å². The number of thioether (sulfide) groups is 1. The molecule has 0 spiro atoms. The van der Waals surface area contributed by atoms with Crippen molar-refractivity contribution in [3.05, 3.63) is 17.5 Å². The maximum atomic E-state index is 12.2. The van der Waals surface area contributed by atoms with Crippen LogP contribution in [0.2, 0.25) is 0 Å². The molecule has 1 aliphatic carbocycles. The molecule has 124 valence electrons. The molecule has 2 aromatic rings. The van der Waals surface area contributed by atoms with Gasteiger partial charge in [-0.2, -0.15) is 0 Å². The number of nitrogens with one attached hydrogen (secondary N) is 1. The van der Waals surface area contributed by atoms with Crippen LogP contribution < -0.4 is 5.32 Å². The third-order valence-corrected chi connectivity index (χ3v) is 6.19. The minimum absolute atomic E-state index is 0.0387. The van der Waals surface area contributed by atoms with Crippen LogP contribution in [0.25, 0.3) is 10.8 Å². The standard InChI is InChI=1S/C16H21N3O2S2/c1-10-5-3-6-12(11(10)2)17-14(20)9-23-16-19-18-15(21-16)13-7-4-8-22-13/h4,7-8,10-12H,3,5-6,9H2,1-2H3,(H,17,20)/t10-,11+,12-/m0/s1. The van der Waals surface area contributed by atoms with Gasteiger partial charge in [0.2, 0.25) is 5.91 Å². The van der Waals surface area contributed by atoms with E-state index in [1.54, 1.807) is 11.3 Å². The van der Waals surface area contributed by atoms with Crippen LogP contribution in [-0.4, -0.2) is 27.9 Å². The van der Waals surface area contributed by atoms with Gasteiger partial charge in [0.25, 0.3) is 11.1 Å². The van der Waals surface area contributed by atoms with Gasteiger partial charge in [0.05, 0.1) is 10.6 Å². The zero-order valence-corrected chi connectivity index (χ0v) is 15.0. The van der Waals surface area contributed by atoms with Gasteiger partial charge < -0.3 is 9.73 Å². The summed E-state index contributed by atoms with van der Waals surface area (Å²) in [6, 6.07) is 4.16. The van der Waals surface area contributed by atoms with Gasteiger partial charge in [0.1, 0.15) is 0 Å². The monoisotopic (exact) mass is 351 g/mol. The Hall–Kier alpha value is -1.34. The molecule has 0 unspecified atom stereocenters. The van der Waals surface area contributed by atoms with Gasteiger partial charge in [-0.05, 0) is 29.7 Å². The summed E-state index contributed by atoms with van der Waals surface area (Å²) in [6.07, 6.45) is 3.53. The average molecular weight is 351 g/mol. The summed E-state index contributed by atoms with van der Waals surface area (Å²) >= 11 is 2.84. The van der Waals surface area contributed by atoms with Crippen molar-refractivity contribution in [2.45, 2.75) is 44.4 Å². The molecule has 0 radical (unpaired) electrons. The number of thiophene rings is 1. The Labute approximate surface area is 144 Å². The van der Waals surface area contributed by atoms with Crippen molar-refractivity contribution >= 4 is 29.0 Å². The SMILES string of the molecule is C[C@H]1[C@@H](NC(=O)CSc2nnc(-c3cccs3)o2)CCC[C@@H]1C. The maximum Gasteiger partial charge on any atom is 0.277 e. The number of carbonyl (C=O) groups is 1. The van der Waals surface area contributed by atoms with Crippen LogP contribution in [-0.2, 0) is 4.79 Å². The zero-order chi connectivity index (χ0) is 16.2. The first kappa shape index (κ1) is 16.5. The normalized spacial score (nSPS) is 24.5. The van der Waals surface area contributed by atoms with Crippen LogP contribution in [0.1, 0.15) is 33.1 Å². The second kappa shape index (κ2) is 7.49. The summed E-state index contributed by atoms with van der Waals surface area (Å²) in [5.41, 5.74) is 0. The van der Waals surface area contributed by atoms with Gasteiger partial charge in [-0.25, -0.2) is 0 Å². The first-order chi connectivity index (χ1) is 11.1. The van der Waals surface area contributed by atoms with Gasteiger partial charge in [-0.15, -0.1) is 21.5 Å². The fourth-order valence-electron chi connectivity index (χ4n) is 2.93. The van der Waals surface area contributed by atoms with Crippen molar-refractivity contribution in [1.82, 2.24) is 15.5 Å². The van der Waals surface area contributed by atoms with E-state index < -0.39 is 0 Å². The summed E-state index contributed by atoms with van der Waals surface area (Å²) in [4.78, 5) is 13.1. The molecule has 1 saturated carbocycles. The fourth-order valence-corrected chi connectivity index (χ4v) is 4.15. The lowest BCUT2D eigenvalue weighted by Crippen LogP contribution is -2.44. The van der Waals surface area contributed by atoms with Crippen LogP contribution in [0, 0.1) is 11.8 Å². The Kier molecular flexibility index (Phi) is 5.38. The maximum absolute atomic E-state index is 12.2. The molecular formula is C16H21N3O2S2. The molecular weight excluding hydrogens is 330 g/mol. The Morgan fingerprint density at radius 2 is 2.30 bits per heavy atom. The number of rotatable bonds is 5. The van der Waals surface area contributed by atoms with Gasteiger partial charge in [-0.1, -0.05) is 44.5 Å². The largest absolute Gasteiger partial charge is 0.410 e. The molecule has 7 heteroatoms. The Morgan fingerprint density at radius 1 is 1.43 bits per heavy atom. The summed E-state index contributed by atoms with van der Waals surface area (Å²) in [5, 5.41) is 13.6. The number of nitrogens with zero attached hydrogens (tertiary/aromatic N) is 2. The van der Waals surface area contributed by atoms with E-state index in [1.165, 1.54) is 24.6 Å². The predicted octanol–water partition coefficient (Wildman–Crippen LogP) is 3.83. The first-order valence-corrected chi connectivity index (χ1v) is 9.79. The molecule has 2 heterocycles. The third-order valence-electron chi connectivity index (χ3n) is 4.52. The molecule has 0 aliphatic heterocycles. The smallest absolute Gasteiger partial charge is 0.277 e. The van der Waals surface area contributed by atoms with Crippen molar-refractivity contribution in [1.29, 1.82) is 0 Å². The molecule has 3 atom stereocenters. The lowest BCUT2D eigenvalue weighted by molar-refractivity contribution is -0.120. The lowest BCUT2D eigenvalue weighted by Gasteiger charge is -2.34. The molecule has 5 nitrogen and oxygen atoms in total. The molecule has 1 aliphatic rings. The topological polar surface area (TPSA) is 68.0 Å². The molecule has 3 rings (SSSR count). The highest BCUT2D eigenvalue weighted by atomic mass is 32.2. The first-order valence-electron chi connectivity index (χ1n) is 7.93. The van der Waals surface area contributed by atoms with Crippen LogP contribution in [0.5, 0.6) is 0 Å². The van der Waals surface area contributed by atoms with Crippen molar-refractivity contribution in [2.24, 2.45) is 11.8 Å². The molecule has 1 amide bonds. The van der Waals surface area contributed by atoms with Gasteiger partial charge in [0.15, 0.2) is 0 Å². The molecule has 0 aromatic carbocycles. The number of amides is 1.